The van der Waals surface area contributed by atoms with E-state index >= 15 is 0 Å². The van der Waals surface area contributed by atoms with Crippen molar-refractivity contribution in [3.05, 3.63) is 29.4 Å². The number of hydrogen-bond acceptors (Lipinski definition) is 3. The van der Waals surface area contributed by atoms with Gasteiger partial charge in [-0.1, -0.05) is 12.2 Å². The molecular formula is C9H6O4. The Hall–Kier alpha value is -1.93. The molecule has 1 aliphatic rings. The summed E-state index contributed by atoms with van der Waals surface area (Å²) in [5, 5.41) is 8.65. The number of aliphatic carboxylic acids is 1. The predicted molar refractivity (Wildman–Crippen MR) is 43.6 cm³/mol. The third-order valence-electron chi connectivity index (χ3n) is 1.72. The van der Waals surface area contributed by atoms with E-state index in [-0.39, 0.29) is 11.1 Å². The van der Waals surface area contributed by atoms with Crippen LogP contribution in [0.4, 0.5) is 0 Å². The molecule has 0 saturated carbocycles. The Kier molecular flexibility index (Phi) is 2.57. The van der Waals surface area contributed by atoms with Crippen LogP contribution in [0.2, 0.25) is 0 Å². The lowest BCUT2D eigenvalue weighted by Crippen LogP contribution is -2.17. The molecule has 1 N–H and O–H groups in total. The summed E-state index contributed by atoms with van der Waals surface area (Å²) in [6.07, 6.45) is 4.49. The second kappa shape index (κ2) is 3.65. The molecule has 0 aromatic rings. The summed E-state index contributed by atoms with van der Waals surface area (Å²) in [6.45, 7) is 0. The van der Waals surface area contributed by atoms with E-state index in [1.165, 1.54) is 24.2 Å². The highest BCUT2D eigenvalue weighted by Crippen LogP contribution is 2.21. The average Bonchev–Trinajstić information content (AvgIpc) is 2.16. The Morgan fingerprint density at radius 2 is 2.31 bits per heavy atom. The minimum atomic E-state index is -1.20. The van der Waals surface area contributed by atoms with Crippen LogP contribution in [0.1, 0.15) is 0 Å². The lowest BCUT2D eigenvalue weighted by atomic mass is 9.89. The van der Waals surface area contributed by atoms with Crippen LogP contribution >= 0.6 is 0 Å². The molecule has 13 heavy (non-hydrogen) atoms. The third-order valence-corrected chi connectivity index (χ3v) is 1.72. The molecule has 0 amide bonds. The minimum Gasteiger partial charge on any atom is -0.478 e. The van der Waals surface area contributed by atoms with Crippen molar-refractivity contribution in [3.63, 3.8) is 0 Å². The number of carboxylic acids is 1. The Bertz CT molecular complexity index is 356. The Morgan fingerprint density at radius 1 is 1.62 bits per heavy atom. The van der Waals surface area contributed by atoms with Crippen LogP contribution in [0.15, 0.2) is 29.4 Å². The molecule has 0 heterocycles. The number of carbonyl (C=O) groups excluding carboxylic acids is 2. The van der Waals surface area contributed by atoms with Crippen molar-refractivity contribution in [2.24, 2.45) is 5.92 Å². The van der Waals surface area contributed by atoms with Crippen molar-refractivity contribution >= 4 is 18.2 Å². The molecule has 0 radical (unpaired) electrons. The van der Waals surface area contributed by atoms with Crippen molar-refractivity contribution in [1.82, 2.24) is 0 Å². The monoisotopic (exact) mass is 178 g/mol. The zero-order valence-electron chi connectivity index (χ0n) is 6.56. The number of carboxylic acid groups (broad SMARTS) is 1. The van der Waals surface area contributed by atoms with E-state index in [2.05, 4.69) is 0 Å². The smallest absolute Gasteiger partial charge is 0.332 e. The third kappa shape index (κ3) is 1.63. The highest BCUT2D eigenvalue weighted by atomic mass is 16.4. The van der Waals surface area contributed by atoms with Crippen molar-refractivity contribution in [2.45, 2.75) is 0 Å². The van der Waals surface area contributed by atoms with E-state index in [9.17, 15) is 14.4 Å². The molecule has 66 valence electrons. The second-order valence-electron chi connectivity index (χ2n) is 2.46. The predicted octanol–water partition coefficient (Wildman–Crippen LogP) is 0.140. The molecular weight excluding hydrogens is 172 g/mol. The van der Waals surface area contributed by atoms with Crippen LogP contribution in [0, 0.1) is 5.92 Å². The maximum absolute atomic E-state index is 10.6. The van der Waals surface area contributed by atoms with Gasteiger partial charge in [0.25, 0.3) is 0 Å². The van der Waals surface area contributed by atoms with Gasteiger partial charge in [-0.3, -0.25) is 0 Å². The minimum absolute atomic E-state index is 0.0508. The zero-order valence-corrected chi connectivity index (χ0v) is 6.56. The molecule has 1 atom stereocenters. The first kappa shape index (κ1) is 9.16. The molecule has 4 heteroatoms. The van der Waals surface area contributed by atoms with E-state index < -0.39 is 11.9 Å². The molecule has 0 aromatic heterocycles. The maximum atomic E-state index is 10.6. The van der Waals surface area contributed by atoms with Gasteiger partial charge in [-0.25, -0.2) is 9.59 Å². The molecule has 0 fully saturated rings. The van der Waals surface area contributed by atoms with E-state index in [0.717, 1.165) is 0 Å². The Morgan fingerprint density at radius 3 is 2.77 bits per heavy atom. The van der Waals surface area contributed by atoms with Gasteiger partial charge in [-0.05, 0) is 6.08 Å². The van der Waals surface area contributed by atoms with Crippen LogP contribution in [0.25, 0.3) is 0 Å². The average molecular weight is 178 g/mol. The van der Waals surface area contributed by atoms with Crippen molar-refractivity contribution < 1.29 is 19.5 Å². The first-order valence-electron chi connectivity index (χ1n) is 3.52. The van der Waals surface area contributed by atoms with Gasteiger partial charge >= 0.3 is 5.97 Å². The fourth-order valence-corrected chi connectivity index (χ4v) is 1.08. The van der Waals surface area contributed by atoms with Crippen LogP contribution in [-0.4, -0.2) is 23.3 Å². The summed E-state index contributed by atoms with van der Waals surface area (Å²) in [5.74, 6) is -0.652. The summed E-state index contributed by atoms with van der Waals surface area (Å²) in [6, 6.07) is 0. The van der Waals surface area contributed by atoms with Gasteiger partial charge in [0.1, 0.15) is 12.2 Å². The van der Waals surface area contributed by atoms with E-state index in [4.69, 9.17) is 5.11 Å². The quantitative estimate of drug-likeness (QED) is 0.482. The Balaban J connectivity index is 3.16. The molecule has 1 unspecified atom stereocenters. The van der Waals surface area contributed by atoms with Crippen molar-refractivity contribution in [1.29, 1.82) is 0 Å². The first-order valence-corrected chi connectivity index (χ1v) is 3.52. The molecule has 0 saturated heterocycles. The van der Waals surface area contributed by atoms with Crippen molar-refractivity contribution in [2.75, 3.05) is 0 Å². The molecule has 1 aliphatic carbocycles. The molecule has 4 nitrogen and oxygen atoms in total. The van der Waals surface area contributed by atoms with Gasteiger partial charge < -0.3 is 9.90 Å². The number of carbonyl (C=O) groups is 2. The summed E-state index contributed by atoms with van der Waals surface area (Å²) in [4.78, 5) is 31.4. The molecule has 1 rings (SSSR count). The SMILES string of the molecule is O=C=C1C=CC=C(C(=O)O)C1C=O. The number of hydrogen-bond donors (Lipinski definition) is 1. The van der Waals surface area contributed by atoms with Gasteiger partial charge in [0.15, 0.2) is 0 Å². The highest BCUT2D eigenvalue weighted by Gasteiger charge is 2.24. The normalized spacial score (nSPS) is 20.5. The summed E-state index contributed by atoms with van der Waals surface area (Å²) >= 11 is 0. The van der Waals surface area contributed by atoms with Crippen molar-refractivity contribution in [3.8, 4) is 0 Å². The van der Waals surface area contributed by atoms with Crippen LogP contribution in [-0.2, 0) is 14.4 Å². The molecule has 0 aliphatic heterocycles. The largest absolute Gasteiger partial charge is 0.478 e. The van der Waals surface area contributed by atoms with Gasteiger partial charge in [-0.2, -0.15) is 0 Å². The fraction of sp³-hybridized carbons (Fsp3) is 0.111. The van der Waals surface area contributed by atoms with Gasteiger partial charge in [0, 0.05) is 0 Å². The lowest BCUT2D eigenvalue weighted by Gasteiger charge is -2.12. The Labute approximate surface area is 73.9 Å². The number of allylic oxidation sites excluding steroid dienone is 4. The van der Waals surface area contributed by atoms with Gasteiger partial charge in [0.05, 0.1) is 17.1 Å². The summed E-state index contributed by atoms with van der Waals surface area (Å²) in [5.41, 5.74) is -0.0502. The molecule has 0 bridgehead atoms. The maximum Gasteiger partial charge on any atom is 0.332 e. The zero-order chi connectivity index (χ0) is 9.84. The van der Waals surface area contributed by atoms with Crippen LogP contribution in [0.3, 0.4) is 0 Å². The van der Waals surface area contributed by atoms with E-state index in [1.807, 2.05) is 0 Å². The van der Waals surface area contributed by atoms with Gasteiger partial charge in [-0.15, -0.1) is 0 Å². The molecule has 0 spiro atoms. The number of aldehydes is 1. The summed E-state index contributed by atoms with van der Waals surface area (Å²) < 4.78 is 0. The molecule has 0 aromatic carbocycles. The lowest BCUT2D eigenvalue weighted by molar-refractivity contribution is -0.133. The van der Waals surface area contributed by atoms with Crippen LogP contribution < -0.4 is 0 Å². The standard InChI is InChI=1S/C9H6O4/c10-4-6-2-1-3-7(9(12)13)8(6)5-11/h1-3,5,8H,(H,12,13). The summed E-state index contributed by atoms with van der Waals surface area (Å²) in [7, 11) is 0. The second-order valence-corrected chi connectivity index (χ2v) is 2.46. The number of rotatable bonds is 2. The topological polar surface area (TPSA) is 71.4 Å². The van der Waals surface area contributed by atoms with Gasteiger partial charge in [0.2, 0.25) is 0 Å². The fourth-order valence-electron chi connectivity index (χ4n) is 1.08. The first-order chi connectivity index (χ1) is 6.20. The van der Waals surface area contributed by atoms with Crippen LogP contribution in [0.5, 0.6) is 0 Å². The van der Waals surface area contributed by atoms with E-state index in [0.29, 0.717) is 6.29 Å². The van der Waals surface area contributed by atoms with E-state index in [1.54, 1.807) is 0 Å². The highest BCUT2D eigenvalue weighted by molar-refractivity contribution is 5.95.